The Hall–Kier alpha value is -1.42. The lowest BCUT2D eigenvalue weighted by atomic mass is 10.1. The first-order valence-corrected chi connectivity index (χ1v) is 6.73. The summed E-state index contributed by atoms with van der Waals surface area (Å²) in [6, 6.07) is 6.65. The van der Waals surface area contributed by atoms with Gasteiger partial charge < -0.3 is 5.11 Å². The van der Waals surface area contributed by atoms with Crippen molar-refractivity contribution in [2.24, 2.45) is 5.92 Å². The molecular formula is C15H22FNO2. The summed E-state index contributed by atoms with van der Waals surface area (Å²) in [4.78, 5) is 12.9. The number of rotatable bonds is 8. The van der Waals surface area contributed by atoms with Crippen molar-refractivity contribution in [3.05, 3.63) is 35.6 Å². The van der Waals surface area contributed by atoms with Gasteiger partial charge in [-0.3, -0.25) is 9.69 Å². The van der Waals surface area contributed by atoms with Crippen LogP contribution in [0.25, 0.3) is 0 Å². The first kappa shape index (κ1) is 15.6. The predicted molar refractivity (Wildman–Crippen MR) is 73.4 cm³/mol. The fraction of sp³-hybridized carbons (Fsp3) is 0.533. The Morgan fingerprint density at radius 3 is 2.68 bits per heavy atom. The van der Waals surface area contributed by atoms with Gasteiger partial charge >= 0.3 is 5.97 Å². The number of unbranched alkanes of at least 4 members (excludes halogenated alkanes) is 1. The Kier molecular flexibility index (Phi) is 6.50. The zero-order valence-corrected chi connectivity index (χ0v) is 11.6. The van der Waals surface area contributed by atoms with Gasteiger partial charge in [0.05, 0.1) is 5.92 Å². The average Bonchev–Trinajstić information content (AvgIpc) is 2.38. The fourth-order valence-corrected chi connectivity index (χ4v) is 1.95. The molecule has 0 amide bonds. The lowest BCUT2D eigenvalue weighted by Gasteiger charge is -2.24. The number of carboxylic acids is 1. The van der Waals surface area contributed by atoms with E-state index in [0.717, 1.165) is 19.4 Å². The lowest BCUT2D eigenvalue weighted by Crippen LogP contribution is -2.32. The SMILES string of the molecule is CCCCN(Cc1ccccc1F)CC(C)C(=O)O. The van der Waals surface area contributed by atoms with E-state index in [9.17, 15) is 9.18 Å². The number of aliphatic carboxylic acids is 1. The zero-order chi connectivity index (χ0) is 14.3. The summed E-state index contributed by atoms with van der Waals surface area (Å²) in [5.41, 5.74) is 0.621. The molecule has 0 aliphatic heterocycles. The van der Waals surface area contributed by atoms with E-state index in [1.54, 1.807) is 25.1 Å². The number of hydrogen-bond acceptors (Lipinski definition) is 2. The number of hydrogen-bond donors (Lipinski definition) is 1. The van der Waals surface area contributed by atoms with Gasteiger partial charge in [-0.25, -0.2) is 4.39 Å². The van der Waals surface area contributed by atoms with Gasteiger partial charge in [0.1, 0.15) is 5.82 Å². The molecule has 0 aliphatic carbocycles. The van der Waals surface area contributed by atoms with Crippen molar-refractivity contribution in [1.82, 2.24) is 4.90 Å². The lowest BCUT2D eigenvalue weighted by molar-refractivity contribution is -0.141. The van der Waals surface area contributed by atoms with Crippen molar-refractivity contribution in [3.8, 4) is 0 Å². The molecule has 0 saturated carbocycles. The van der Waals surface area contributed by atoms with E-state index in [1.165, 1.54) is 6.07 Å². The summed E-state index contributed by atoms with van der Waals surface area (Å²) in [6.45, 7) is 5.47. The van der Waals surface area contributed by atoms with Crippen LogP contribution >= 0.6 is 0 Å². The van der Waals surface area contributed by atoms with Gasteiger partial charge in [-0.15, -0.1) is 0 Å². The van der Waals surface area contributed by atoms with Crippen molar-refractivity contribution >= 4 is 5.97 Å². The van der Waals surface area contributed by atoms with Crippen LogP contribution in [0.15, 0.2) is 24.3 Å². The molecule has 0 bridgehead atoms. The Labute approximate surface area is 114 Å². The fourth-order valence-electron chi connectivity index (χ4n) is 1.95. The normalized spacial score (nSPS) is 12.6. The third-order valence-corrected chi connectivity index (χ3v) is 3.13. The Bertz CT molecular complexity index is 409. The van der Waals surface area contributed by atoms with E-state index >= 15 is 0 Å². The second-order valence-electron chi connectivity index (χ2n) is 4.92. The van der Waals surface area contributed by atoms with Gasteiger partial charge in [-0.1, -0.05) is 38.5 Å². The van der Waals surface area contributed by atoms with E-state index < -0.39 is 11.9 Å². The van der Waals surface area contributed by atoms with Crippen LogP contribution in [0.3, 0.4) is 0 Å². The smallest absolute Gasteiger partial charge is 0.307 e. The van der Waals surface area contributed by atoms with Crippen molar-refractivity contribution in [2.45, 2.75) is 33.2 Å². The maximum Gasteiger partial charge on any atom is 0.307 e. The molecule has 0 fully saturated rings. The van der Waals surface area contributed by atoms with E-state index in [1.807, 2.05) is 4.90 Å². The Balaban J connectivity index is 2.68. The molecule has 1 aromatic carbocycles. The standard InChI is InChI=1S/C15H22FNO2/c1-3-4-9-17(10-12(2)15(18)19)11-13-7-5-6-8-14(13)16/h5-8,12H,3-4,9-11H2,1-2H3,(H,18,19). The second-order valence-corrected chi connectivity index (χ2v) is 4.92. The predicted octanol–water partition coefficient (Wildman–Crippen LogP) is 3.15. The van der Waals surface area contributed by atoms with Gasteiger partial charge in [0.2, 0.25) is 0 Å². The number of nitrogens with zero attached hydrogens (tertiary/aromatic N) is 1. The van der Waals surface area contributed by atoms with Crippen LogP contribution in [-0.2, 0) is 11.3 Å². The second kappa shape index (κ2) is 7.89. The van der Waals surface area contributed by atoms with Gasteiger partial charge in [-0.05, 0) is 19.0 Å². The summed E-state index contributed by atoms with van der Waals surface area (Å²) < 4.78 is 13.6. The monoisotopic (exact) mass is 267 g/mol. The molecular weight excluding hydrogens is 245 g/mol. The summed E-state index contributed by atoms with van der Waals surface area (Å²) in [5.74, 6) is -1.48. The minimum Gasteiger partial charge on any atom is -0.481 e. The number of halogens is 1. The topological polar surface area (TPSA) is 40.5 Å². The molecule has 106 valence electrons. The number of benzene rings is 1. The number of carbonyl (C=O) groups is 1. The Morgan fingerprint density at radius 1 is 1.42 bits per heavy atom. The van der Waals surface area contributed by atoms with E-state index in [-0.39, 0.29) is 5.82 Å². The van der Waals surface area contributed by atoms with Crippen molar-refractivity contribution < 1.29 is 14.3 Å². The zero-order valence-electron chi connectivity index (χ0n) is 11.6. The van der Waals surface area contributed by atoms with Crippen LogP contribution in [0, 0.1) is 11.7 Å². The largest absolute Gasteiger partial charge is 0.481 e. The molecule has 0 radical (unpaired) electrons. The van der Waals surface area contributed by atoms with Gasteiger partial charge in [0.15, 0.2) is 0 Å². The minimum atomic E-state index is -0.810. The van der Waals surface area contributed by atoms with Crippen molar-refractivity contribution in [3.63, 3.8) is 0 Å². The molecule has 0 aromatic heterocycles. The maximum atomic E-state index is 13.6. The van der Waals surface area contributed by atoms with Crippen LogP contribution in [-0.4, -0.2) is 29.1 Å². The van der Waals surface area contributed by atoms with E-state index in [0.29, 0.717) is 18.7 Å². The molecule has 1 N–H and O–H groups in total. The first-order valence-electron chi connectivity index (χ1n) is 6.73. The molecule has 4 heteroatoms. The van der Waals surface area contributed by atoms with Crippen LogP contribution in [0.2, 0.25) is 0 Å². The van der Waals surface area contributed by atoms with Gasteiger partial charge in [-0.2, -0.15) is 0 Å². The van der Waals surface area contributed by atoms with Crippen LogP contribution in [0.1, 0.15) is 32.3 Å². The van der Waals surface area contributed by atoms with Gasteiger partial charge in [0.25, 0.3) is 0 Å². The van der Waals surface area contributed by atoms with Crippen LogP contribution in [0.5, 0.6) is 0 Å². The molecule has 1 unspecified atom stereocenters. The van der Waals surface area contributed by atoms with Crippen molar-refractivity contribution in [1.29, 1.82) is 0 Å². The molecule has 3 nitrogen and oxygen atoms in total. The molecule has 19 heavy (non-hydrogen) atoms. The highest BCUT2D eigenvalue weighted by atomic mass is 19.1. The van der Waals surface area contributed by atoms with Gasteiger partial charge in [0, 0.05) is 18.7 Å². The number of carboxylic acid groups (broad SMARTS) is 1. The summed E-state index contributed by atoms with van der Waals surface area (Å²) in [5, 5.41) is 8.98. The third-order valence-electron chi connectivity index (χ3n) is 3.13. The Morgan fingerprint density at radius 2 is 2.11 bits per heavy atom. The molecule has 1 aromatic rings. The quantitative estimate of drug-likeness (QED) is 0.786. The molecule has 0 heterocycles. The van der Waals surface area contributed by atoms with Crippen molar-refractivity contribution in [2.75, 3.05) is 13.1 Å². The molecule has 0 aliphatic rings. The van der Waals surface area contributed by atoms with Crippen LogP contribution in [0.4, 0.5) is 4.39 Å². The van der Waals surface area contributed by atoms with E-state index in [4.69, 9.17) is 5.11 Å². The summed E-state index contributed by atoms with van der Waals surface area (Å²) in [6.07, 6.45) is 2.02. The molecule has 0 saturated heterocycles. The first-order chi connectivity index (χ1) is 9.04. The molecule has 0 spiro atoms. The average molecular weight is 267 g/mol. The van der Waals surface area contributed by atoms with Crippen LogP contribution < -0.4 is 0 Å². The highest BCUT2D eigenvalue weighted by Crippen LogP contribution is 2.12. The molecule has 1 atom stereocenters. The maximum absolute atomic E-state index is 13.6. The van der Waals surface area contributed by atoms with E-state index in [2.05, 4.69) is 6.92 Å². The molecule has 1 rings (SSSR count). The highest BCUT2D eigenvalue weighted by molar-refractivity contribution is 5.69. The third kappa shape index (κ3) is 5.39. The summed E-state index contributed by atoms with van der Waals surface area (Å²) >= 11 is 0. The summed E-state index contributed by atoms with van der Waals surface area (Å²) in [7, 11) is 0. The highest BCUT2D eigenvalue weighted by Gasteiger charge is 2.17. The minimum absolute atomic E-state index is 0.230.